The van der Waals surface area contributed by atoms with E-state index in [1.54, 1.807) is 6.08 Å². The van der Waals surface area contributed by atoms with E-state index in [2.05, 4.69) is 13.5 Å². The van der Waals surface area contributed by atoms with Gasteiger partial charge in [-0.25, -0.2) is 0 Å². The molecule has 0 aromatic carbocycles. The minimum atomic E-state index is 0.0600. The molecule has 1 unspecified atom stereocenters. The molecule has 14 heavy (non-hydrogen) atoms. The smallest absolute Gasteiger partial charge is 0.145 e. The first-order valence-corrected chi connectivity index (χ1v) is 5.19. The Balaban J connectivity index is 3.77. The number of unbranched alkanes of at least 4 members (excludes halogenated alkanes) is 2. The zero-order valence-corrected chi connectivity index (χ0v) is 8.95. The van der Waals surface area contributed by atoms with Gasteiger partial charge in [0.15, 0.2) is 0 Å². The number of allylic oxidation sites excluding steroid dienone is 2. The number of ether oxygens (including phenoxy) is 1. The SMILES string of the molecule is C=C/C=C\C(CCCCC)OCC=O. The number of carbonyl (C=O) groups excluding carboxylic acids is 1. The Hall–Kier alpha value is -0.890. The average molecular weight is 196 g/mol. The van der Waals surface area contributed by atoms with Crippen molar-refractivity contribution in [3.8, 4) is 0 Å². The summed E-state index contributed by atoms with van der Waals surface area (Å²) in [5, 5.41) is 0. The maximum atomic E-state index is 10.1. The largest absolute Gasteiger partial charge is 0.367 e. The van der Waals surface area contributed by atoms with Gasteiger partial charge in [0.1, 0.15) is 12.9 Å². The monoisotopic (exact) mass is 196 g/mol. The lowest BCUT2D eigenvalue weighted by Crippen LogP contribution is -2.11. The molecule has 0 aliphatic carbocycles. The van der Waals surface area contributed by atoms with Crippen LogP contribution in [0.25, 0.3) is 0 Å². The van der Waals surface area contributed by atoms with Crippen LogP contribution >= 0.6 is 0 Å². The predicted molar refractivity (Wildman–Crippen MR) is 59.3 cm³/mol. The second kappa shape index (κ2) is 10.2. The molecule has 0 N–H and O–H groups in total. The first-order chi connectivity index (χ1) is 6.85. The van der Waals surface area contributed by atoms with Gasteiger partial charge in [-0.1, -0.05) is 51.0 Å². The van der Waals surface area contributed by atoms with Crippen LogP contribution < -0.4 is 0 Å². The second-order valence-corrected chi connectivity index (χ2v) is 3.15. The molecule has 0 saturated heterocycles. The molecule has 0 rings (SSSR count). The van der Waals surface area contributed by atoms with Crippen molar-refractivity contribution in [1.82, 2.24) is 0 Å². The zero-order chi connectivity index (χ0) is 10.6. The summed E-state index contributed by atoms with van der Waals surface area (Å²) in [4.78, 5) is 10.1. The van der Waals surface area contributed by atoms with Crippen molar-refractivity contribution >= 4 is 6.29 Å². The van der Waals surface area contributed by atoms with E-state index < -0.39 is 0 Å². The summed E-state index contributed by atoms with van der Waals surface area (Å²) < 4.78 is 5.34. The lowest BCUT2D eigenvalue weighted by Gasteiger charge is -2.11. The first-order valence-electron chi connectivity index (χ1n) is 5.19. The van der Waals surface area contributed by atoms with Crippen molar-refractivity contribution in [2.45, 2.75) is 38.7 Å². The van der Waals surface area contributed by atoms with Crippen LogP contribution in [0.3, 0.4) is 0 Å². The van der Waals surface area contributed by atoms with E-state index in [1.165, 1.54) is 12.8 Å². The highest BCUT2D eigenvalue weighted by Crippen LogP contribution is 2.07. The van der Waals surface area contributed by atoms with E-state index in [0.29, 0.717) is 0 Å². The molecule has 0 radical (unpaired) electrons. The molecule has 0 aliphatic rings. The molecular weight excluding hydrogens is 176 g/mol. The third-order valence-electron chi connectivity index (χ3n) is 1.93. The van der Waals surface area contributed by atoms with Crippen molar-refractivity contribution in [3.05, 3.63) is 24.8 Å². The lowest BCUT2D eigenvalue weighted by molar-refractivity contribution is -0.113. The topological polar surface area (TPSA) is 26.3 Å². The molecule has 1 atom stereocenters. The van der Waals surface area contributed by atoms with Crippen LogP contribution in [0.15, 0.2) is 24.8 Å². The van der Waals surface area contributed by atoms with Crippen LogP contribution in [0.5, 0.6) is 0 Å². The third kappa shape index (κ3) is 7.74. The molecule has 0 amide bonds. The lowest BCUT2D eigenvalue weighted by atomic mass is 10.1. The molecule has 0 heterocycles. The van der Waals surface area contributed by atoms with E-state index in [0.717, 1.165) is 19.1 Å². The number of carbonyl (C=O) groups is 1. The molecule has 2 heteroatoms. The summed E-state index contributed by atoms with van der Waals surface area (Å²) in [5.41, 5.74) is 0. The molecule has 0 aromatic heterocycles. The highest BCUT2D eigenvalue weighted by molar-refractivity contribution is 5.50. The van der Waals surface area contributed by atoms with E-state index in [-0.39, 0.29) is 12.7 Å². The van der Waals surface area contributed by atoms with Crippen molar-refractivity contribution in [3.63, 3.8) is 0 Å². The average Bonchev–Trinajstić information content (AvgIpc) is 2.21. The second-order valence-electron chi connectivity index (χ2n) is 3.15. The number of aldehydes is 1. The van der Waals surface area contributed by atoms with Gasteiger partial charge in [-0.3, -0.25) is 0 Å². The fourth-order valence-corrected chi connectivity index (χ4v) is 1.20. The van der Waals surface area contributed by atoms with Gasteiger partial charge < -0.3 is 9.53 Å². The maximum Gasteiger partial charge on any atom is 0.145 e. The Kier molecular flexibility index (Phi) is 9.54. The Labute approximate surface area is 86.6 Å². The van der Waals surface area contributed by atoms with Gasteiger partial charge in [0.25, 0.3) is 0 Å². The number of hydrogen-bond donors (Lipinski definition) is 0. The van der Waals surface area contributed by atoms with Gasteiger partial charge in [0, 0.05) is 0 Å². The summed E-state index contributed by atoms with van der Waals surface area (Å²) in [7, 11) is 0. The van der Waals surface area contributed by atoms with E-state index >= 15 is 0 Å². The van der Waals surface area contributed by atoms with Crippen molar-refractivity contribution in [2.75, 3.05) is 6.61 Å². The Bertz CT molecular complexity index is 173. The van der Waals surface area contributed by atoms with Crippen LogP contribution in [-0.2, 0) is 9.53 Å². The Morgan fingerprint density at radius 2 is 2.21 bits per heavy atom. The van der Waals surface area contributed by atoms with Gasteiger partial charge in [0.2, 0.25) is 0 Å². The van der Waals surface area contributed by atoms with Crippen LogP contribution in [0.2, 0.25) is 0 Å². The predicted octanol–water partition coefficient (Wildman–Crippen LogP) is 2.89. The summed E-state index contributed by atoms with van der Waals surface area (Å²) in [6.07, 6.45) is 10.9. The van der Waals surface area contributed by atoms with Gasteiger partial charge in [-0.15, -0.1) is 0 Å². The van der Waals surface area contributed by atoms with Crippen molar-refractivity contribution < 1.29 is 9.53 Å². The normalized spacial score (nSPS) is 12.9. The summed E-state index contributed by atoms with van der Waals surface area (Å²) in [6.45, 7) is 5.94. The molecule has 2 nitrogen and oxygen atoms in total. The van der Waals surface area contributed by atoms with Crippen LogP contribution in [0, 0.1) is 0 Å². The molecule has 0 fully saturated rings. The highest BCUT2D eigenvalue weighted by atomic mass is 16.5. The zero-order valence-electron chi connectivity index (χ0n) is 8.95. The van der Waals surface area contributed by atoms with Gasteiger partial charge in [-0.05, 0) is 6.42 Å². The summed E-state index contributed by atoms with van der Waals surface area (Å²) >= 11 is 0. The van der Waals surface area contributed by atoms with Crippen molar-refractivity contribution in [1.29, 1.82) is 0 Å². The van der Waals surface area contributed by atoms with Crippen LogP contribution in [0.1, 0.15) is 32.6 Å². The highest BCUT2D eigenvalue weighted by Gasteiger charge is 2.03. The van der Waals surface area contributed by atoms with Gasteiger partial charge in [0.05, 0.1) is 6.10 Å². The van der Waals surface area contributed by atoms with Crippen LogP contribution in [-0.4, -0.2) is 19.0 Å². The number of hydrogen-bond acceptors (Lipinski definition) is 2. The minimum absolute atomic E-state index is 0.0600. The quantitative estimate of drug-likeness (QED) is 0.322. The minimum Gasteiger partial charge on any atom is -0.367 e. The summed E-state index contributed by atoms with van der Waals surface area (Å²) in [6, 6.07) is 0. The molecular formula is C12H20O2. The van der Waals surface area contributed by atoms with Crippen LogP contribution in [0.4, 0.5) is 0 Å². The number of rotatable bonds is 9. The van der Waals surface area contributed by atoms with Gasteiger partial charge in [-0.2, -0.15) is 0 Å². The fourth-order valence-electron chi connectivity index (χ4n) is 1.20. The first kappa shape index (κ1) is 13.1. The molecule has 0 bridgehead atoms. The fraction of sp³-hybridized carbons (Fsp3) is 0.583. The Morgan fingerprint density at radius 1 is 1.43 bits per heavy atom. The van der Waals surface area contributed by atoms with E-state index in [1.807, 2.05) is 12.2 Å². The molecule has 80 valence electrons. The molecule has 0 aromatic rings. The molecule has 0 aliphatic heterocycles. The maximum absolute atomic E-state index is 10.1. The van der Waals surface area contributed by atoms with Crippen molar-refractivity contribution in [2.24, 2.45) is 0 Å². The Morgan fingerprint density at radius 3 is 2.79 bits per heavy atom. The molecule has 0 saturated carbocycles. The van der Waals surface area contributed by atoms with E-state index in [4.69, 9.17) is 4.74 Å². The van der Waals surface area contributed by atoms with E-state index in [9.17, 15) is 4.79 Å². The standard InChI is InChI=1S/C12H20O2/c1-3-5-7-9-12(8-6-4-2)14-11-10-13/h4,6,8,10,12H,2-3,5,7,9,11H2,1H3/b8-6-. The van der Waals surface area contributed by atoms with Gasteiger partial charge >= 0.3 is 0 Å². The third-order valence-corrected chi connectivity index (χ3v) is 1.93. The molecule has 0 spiro atoms. The summed E-state index contributed by atoms with van der Waals surface area (Å²) in [5.74, 6) is 0.